The van der Waals surface area contributed by atoms with Gasteiger partial charge < -0.3 is 9.64 Å². The zero-order valence-electron chi connectivity index (χ0n) is 11.8. The van der Waals surface area contributed by atoms with E-state index in [1.165, 1.54) is 47.7 Å². The summed E-state index contributed by atoms with van der Waals surface area (Å²) in [6.45, 7) is 0.0000805. The number of carbonyl (C=O) groups excluding carboxylic acids is 2. The van der Waals surface area contributed by atoms with Crippen LogP contribution in [0.15, 0.2) is 23.1 Å². The van der Waals surface area contributed by atoms with Crippen molar-refractivity contribution in [1.29, 1.82) is 0 Å². The number of ether oxygens (including phenoxy) is 1. The Balaban J connectivity index is 1.85. The van der Waals surface area contributed by atoms with Crippen molar-refractivity contribution in [1.82, 2.24) is 4.90 Å². The lowest BCUT2D eigenvalue weighted by atomic mass is 10.1. The minimum Gasteiger partial charge on any atom is -0.468 e. The molecule has 0 heterocycles. The predicted molar refractivity (Wildman–Crippen MR) is 78.8 cm³/mol. The van der Waals surface area contributed by atoms with Crippen molar-refractivity contribution >= 4 is 23.6 Å². The Labute approximate surface area is 123 Å². The highest BCUT2D eigenvalue weighted by atomic mass is 32.2. The summed E-state index contributed by atoms with van der Waals surface area (Å²) >= 11 is 1.51. The fraction of sp³-hybridized carbons (Fsp3) is 0.467. The van der Waals surface area contributed by atoms with Gasteiger partial charge in [-0.25, -0.2) is 0 Å². The van der Waals surface area contributed by atoms with E-state index in [4.69, 9.17) is 0 Å². The molecule has 4 nitrogen and oxygen atoms in total. The number of thioether (sulfide) groups is 1. The summed E-state index contributed by atoms with van der Waals surface area (Å²) in [6, 6.07) is 6.41. The van der Waals surface area contributed by atoms with Gasteiger partial charge in [-0.15, -0.1) is 11.8 Å². The monoisotopic (exact) mass is 293 g/mol. The molecular formula is C15H19NO3S. The highest BCUT2D eigenvalue weighted by molar-refractivity contribution is 8.00. The average Bonchev–Trinajstić information content (AvgIpc) is 2.91. The maximum Gasteiger partial charge on any atom is 0.325 e. The number of esters is 1. The first-order valence-corrected chi connectivity index (χ1v) is 7.64. The summed E-state index contributed by atoms with van der Waals surface area (Å²) in [5.74, 6) is -0.129. The van der Waals surface area contributed by atoms with E-state index in [1.807, 2.05) is 0 Å². The van der Waals surface area contributed by atoms with Crippen LogP contribution >= 0.6 is 11.8 Å². The van der Waals surface area contributed by atoms with E-state index in [1.54, 1.807) is 7.05 Å². The number of aryl methyl sites for hydroxylation is 2. The summed E-state index contributed by atoms with van der Waals surface area (Å²) in [7, 11) is 2.93. The molecule has 0 aliphatic heterocycles. The molecule has 1 aliphatic rings. The van der Waals surface area contributed by atoms with E-state index < -0.39 is 5.97 Å². The molecule has 0 aromatic heterocycles. The first-order valence-electron chi connectivity index (χ1n) is 6.65. The molecule has 5 heteroatoms. The molecule has 2 rings (SSSR count). The van der Waals surface area contributed by atoms with Crippen LogP contribution in [0.5, 0.6) is 0 Å². The van der Waals surface area contributed by atoms with Gasteiger partial charge in [0.25, 0.3) is 0 Å². The Morgan fingerprint density at radius 2 is 2.05 bits per heavy atom. The van der Waals surface area contributed by atoms with E-state index in [-0.39, 0.29) is 12.5 Å². The summed E-state index contributed by atoms with van der Waals surface area (Å²) in [6.07, 6.45) is 3.53. The molecule has 0 spiro atoms. The van der Waals surface area contributed by atoms with Gasteiger partial charge in [-0.2, -0.15) is 0 Å². The van der Waals surface area contributed by atoms with Crippen molar-refractivity contribution in [3.63, 3.8) is 0 Å². The number of methoxy groups -OCH3 is 1. The summed E-state index contributed by atoms with van der Waals surface area (Å²) in [5.41, 5.74) is 2.84. The topological polar surface area (TPSA) is 46.6 Å². The molecule has 20 heavy (non-hydrogen) atoms. The predicted octanol–water partition coefficient (Wildman–Crippen LogP) is 1.90. The molecule has 1 aromatic rings. The van der Waals surface area contributed by atoms with Gasteiger partial charge in [-0.1, -0.05) is 6.07 Å². The number of rotatable bonds is 5. The Morgan fingerprint density at radius 3 is 2.80 bits per heavy atom. The van der Waals surface area contributed by atoms with E-state index in [9.17, 15) is 9.59 Å². The minimum absolute atomic E-state index is 0.0000805. The quantitative estimate of drug-likeness (QED) is 0.614. The molecular weight excluding hydrogens is 274 g/mol. The minimum atomic E-state index is -0.400. The van der Waals surface area contributed by atoms with E-state index in [0.717, 1.165) is 11.3 Å². The Morgan fingerprint density at radius 1 is 1.30 bits per heavy atom. The van der Waals surface area contributed by atoms with Crippen molar-refractivity contribution in [2.24, 2.45) is 0 Å². The Kier molecular flexibility index (Phi) is 5.06. The van der Waals surface area contributed by atoms with E-state index in [0.29, 0.717) is 5.75 Å². The van der Waals surface area contributed by atoms with Crippen LogP contribution in [0, 0.1) is 0 Å². The number of fused-ring (bicyclic) bond motifs is 1. The fourth-order valence-corrected chi connectivity index (χ4v) is 3.14. The number of hydrogen-bond donors (Lipinski definition) is 0. The number of likely N-dealkylation sites (N-methyl/N-ethyl adjacent to an activating group) is 1. The molecule has 0 fully saturated rings. The molecule has 1 amide bonds. The third kappa shape index (κ3) is 3.76. The Hall–Kier alpha value is -1.49. The lowest BCUT2D eigenvalue weighted by Crippen LogP contribution is -2.33. The highest BCUT2D eigenvalue weighted by Gasteiger charge is 2.15. The van der Waals surface area contributed by atoms with Crippen LogP contribution in [0.1, 0.15) is 17.5 Å². The van der Waals surface area contributed by atoms with Crippen LogP contribution in [0.3, 0.4) is 0 Å². The molecule has 0 saturated heterocycles. The molecule has 1 aromatic carbocycles. The average molecular weight is 293 g/mol. The van der Waals surface area contributed by atoms with E-state index in [2.05, 4.69) is 22.9 Å². The van der Waals surface area contributed by atoms with Gasteiger partial charge in [0.05, 0.1) is 12.9 Å². The number of carbonyl (C=O) groups is 2. The molecule has 1 aliphatic carbocycles. The van der Waals surface area contributed by atoms with Gasteiger partial charge in [0.2, 0.25) is 5.91 Å². The van der Waals surface area contributed by atoms with Gasteiger partial charge in [0.1, 0.15) is 6.54 Å². The number of nitrogens with zero attached hydrogens (tertiary/aromatic N) is 1. The van der Waals surface area contributed by atoms with Crippen molar-refractivity contribution in [2.75, 3.05) is 26.5 Å². The van der Waals surface area contributed by atoms with Crippen LogP contribution in [-0.4, -0.2) is 43.2 Å². The van der Waals surface area contributed by atoms with Crippen LogP contribution in [-0.2, 0) is 27.2 Å². The maximum absolute atomic E-state index is 11.9. The highest BCUT2D eigenvalue weighted by Crippen LogP contribution is 2.27. The first-order chi connectivity index (χ1) is 9.60. The van der Waals surface area contributed by atoms with Crippen molar-refractivity contribution < 1.29 is 14.3 Å². The third-order valence-corrected chi connectivity index (χ3v) is 4.43. The molecule has 0 atom stereocenters. The van der Waals surface area contributed by atoms with Gasteiger partial charge in [0.15, 0.2) is 0 Å². The second-order valence-electron chi connectivity index (χ2n) is 4.90. The molecule has 0 saturated carbocycles. The third-order valence-electron chi connectivity index (χ3n) is 3.45. The number of benzene rings is 1. The van der Waals surface area contributed by atoms with Crippen molar-refractivity contribution in [2.45, 2.75) is 24.2 Å². The molecule has 0 bridgehead atoms. The number of hydrogen-bond acceptors (Lipinski definition) is 4. The zero-order valence-corrected chi connectivity index (χ0v) is 12.7. The summed E-state index contributed by atoms with van der Waals surface area (Å²) in [5, 5.41) is 0. The lowest BCUT2D eigenvalue weighted by Gasteiger charge is -2.15. The second-order valence-corrected chi connectivity index (χ2v) is 5.95. The zero-order chi connectivity index (χ0) is 14.5. The molecule has 0 radical (unpaired) electrons. The maximum atomic E-state index is 11.9. The van der Waals surface area contributed by atoms with Gasteiger partial charge >= 0.3 is 5.97 Å². The van der Waals surface area contributed by atoms with Gasteiger partial charge in [-0.05, 0) is 42.5 Å². The summed E-state index contributed by atoms with van der Waals surface area (Å²) < 4.78 is 4.54. The smallest absolute Gasteiger partial charge is 0.325 e. The van der Waals surface area contributed by atoms with Crippen LogP contribution in [0.4, 0.5) is 0 Å². The molecule has 0 unspecified atom stereocenters. The standard InChI is InChI=1S/C15H19NO3S/c1-16(9-15(18)19-2)14(17)10-20-13-7-6-11-4-3-5-12(11)8-13/h6-8H,3-5,9-10H2,1-2H3. The van der Waals surface area contributed by atoms with Gasteiger partial charge in [0, 0.05) is 11.9 Å². The van der Waals surface area contributed by atoms with Crippen molar-refractivity contribution in [3.05, 3.63) is 29.3 Å². The van der Waals surface area contributed by atoms with Crippen LogP contribution < -0.4 is 0 Å². The second kappa shape index (κ2) is 6.79. The van der Waals surface area contributed by atoms with Gasteiger partial charge in [-0.3, -0.25) is 9.59 Å². The Bertz CT molecular complexity index is 516. The molecule has 108 valence electrons. The summed E-state index contributed by atoms with van der Waals surface area (Å²) in [4.78, 5) is 25.5. The fourth-order valence-electron chi connectivity index (χ4n) is 2.24. The lowest BCUT2D eigenvalue weighted by molar-refractivity contribution is -0.145. The SMILES string of the molecule is COC(=O)CN(C)C(=O)CSc1ccc2c(c1)CCC2. The van der Waals surface area contributed by atoms with E-state index >= 15 is 0 Å². The number of amides is 1. The normalized spacial score (nSPS) is 12.9. The molecule has 0 N–H and O–H groups in total. The largest absolute Gasteiger partial charge is 0.468 e. The van der Waals surface area contributed by atoms with Crippen molar-refractivity contribution in [3.8, 4) is 0 Å². The van der Waals surface area contributed by atoms with Crippen LogP contribution in [0.2, 0.25) is 0 Å². The first kappa shape index (κ1) is 14.9. The van der Waals surface area contributed by atoms with Crippen LogP contribution in [0.25, 0.3) is 0 Å².